The zero-order valence-electron chi connectivity index (χ0n) is 12.2. The molecule has 0 aromatic heterocycles. The second-order valence-electron chi connectivity index (χ2n) is 5.57. The van der Waals surface area contributed by atoms with Crippen molar-refractivity contribution in [2.45, 2.75) is 45.1 Å². The highest BCUT2D eigenvalue weighted by molar-refractivity contribution is 6.32. The summed E-state index contributed by atoms with van der Waals surface area (Å²) in [7, 11) is 0. The van der Waals surface area contributed by atoms with Gasteiger partial charge in [0.1, 0.15) is 0 Å². The average molecular weight is 310 g/mol. The van der Waals surface area contributed by atoms with Crippen LogP contribution in [0, 0.1) is 0 Å². The molecule has 114 valence electrons. The molecule has 1 amide bonds. The lowest BCUT2D eigenvalue weighted by molar-refractivity contribution is 0.0647. The summed E-state index contributed by atoms with van der Waals surface area (Å²) in [5.41, 5.74) is 0.580. The minimum Gasteiger partial charge on any atom is -0.454 e. The first kappa shape index (κ1) is 14.5. The van der Waals surface area contributed by atoms with Gasteiger partial charge in [-0.3, -0.25) is 4.79 Å². The molecule has 0 N–H and O–H groups in total. The number of ether oxygens (including phenoxy) is 2. The highest BCUT2D eigenvalue weighted by Gasteiger charge is 2.27. The molecule has 21 heavy (non-hydrogen) atoms. The molecule has 2 aliphatic rings. The van der Waals surface area contributed by atoms with E-state index in [0.29, 0.717) is 28.1 Å². The number of carbonyl (C=O) groups excluding carboxylic acids is 1. The number of nitrogens with zero attached hydrogens (tertiary/aromatic N) is 1. The maximum Gasteiger partial charge on any atom is 0.254 e. The van der Waals surface area contributed by atoms with Crippen molar-refractivity contribution in [3.8, 4) is 11.5 Å². The Morgan fingerprint density at radius 1 is 1.29 bits per heavy atom. The van der Waals surface area contributed by atoms with E-state index in [1.54, 1.807) is 12.1 Å². The van der Waals surface area contributed by atoms with Crippen molar-refractivity contribution in [3.63, 3.8) is 0 Å². The molecule has 0 radical (unpaired) electrons. The predicted octanol–water partition coefficient (Wildman–Crippen LogP) is 3.86. The van der Waals surface area contributed by atoms with Gasteiger partial charge < -0.3 is 14.4 Å². The fraction of sp³-hybridized carbons (Fsp3) is 0.562. The molecule has 1 aliphatic heterocycles. The number of carbonyl (C=O) groups is 1. The van der Waals surface area contributed by atoms with Gasteiger partial charge in [-0.05, 0) is 31.9 Å². The first-order valence-electron chi connectivity index (χ1n) is 7.61. The third-order valence-corrected chi connectivity index (χ3v) is 4.57. The van der Waals surface area contributed by atoms with E-state index in [4.69, 9.17) is 21.1 Å². The number of amides is 1. The Morgan fingerprint density at radius 2 is 2.05 bits per heavy atom. The van der Waals surface area contributed by atoms with Gasteiger partial charge in [-0.2, -0.15) is 0 Å². The van der Waals surface area contributed by atoms with Crippen LogP contribution in [0.3, 0.4) is 0 Å². The van der Waals surface area contributed by atoms with E-state index in [0.717, 1.165) is 19.4 Å². The smallest absolute Gasteiger partial charge is 0.254 e. The van der Waals surface area contributed by atoms with Crippen LogP contribution in [-0.2, 0) is 0 Å². The number of fused-ring (bicyclic) bond motifs is 1. The van der Waals surface area contributed by atoms with Crippen LogP contribution in [0.1, 0.15) is 49.4 Å². The highest BCUT2D eigenvalue weighted by atomic mass is 35.5. The molecular formula is C16H20ClNO3. The number of hydrogen-bond acceptors (Lipinski definition) is 3. The first-order valence-corrected chi connectivity index (χ1v) is 7.98. The van der Waals surface area contributed by atoms with Crippen molar-refractivity contribution >= 4 is 17.5 Å². The van der Waals surface area contributed by atoms with E-state index >= 15 is 0 Å². The van der Waals surface area contributed by atoms with Gasteiger partial charge in [0, 0.05) is 18.2 Å². The average Bonchev–Trinajstić information content (AvgIpc) is 2.98. The summed E-state index contributed by atoms with van der Waals surface area (Å²) < 4.78 is 10.6. The van der Waals surface area contributed by atoms with Crippen molar-refractivity contribution in [1.82, 2.24) is 4.90 Å². The largest absolute Gasteiger partial charge is 0.454 e. The number of hydrogen-bond donors (Lipinski definition) is 0. The standard InChI is InChI=1S/C16H20ClNO3/c1-2-18(12-6-4-3-5-7-12)16(19)11-8-13(17)15-14(9-11)20-10-21-15/h8-9,12H,2-7,10H2,1H3. The summed E-state index contributed by atoms with van der Waals surface area (Å²) in [5, 5.41) is 0.438. The van der Waals surface area contributed by atoms with Gasteiger partial charge in [-0.1, -0.05) is 30.9 Å². The molecule has 1 saturated carbocycles. The van der Waals surface area contributed by atoms with Crippen LogP contribution in [-0.4, -0.2) is 30.2 Å². The Balaban J connectivity index is 1.84. The van der Waals surface area contributed by atoms with Crippen molar-refractivity contribution < 1.29 is 14.3 Å². The molecule has 0 unspecified atom stereocenters. The summed E-state index contributed by atoms with van der Waals surface area (Å²) >= 11 is 6.18. The van der Waals surface area contributed by atoms with Gasteiger partial charge in [0.25, 0.3) is 5.91 Å². The van der Waals surface area contributed by atoms with Gasteiger partial charge in [-0.15, -0.1) is 0 Å². The highest BCUT2D eigenvalue weighted by Crippen LogP contribution is 2.40. The molecular weight excluding hydrogens is 290 g/mol. The number of halogens is 1. The maximum atomic E-state index is 12.8. The lowest BCUT2D eigenvalue weighted by Crippen LogP contribution is -2.41. The van der Waals surface area contributed by atoms with E-state index in [-0.39, 0.29) is 12.7 Å². The van der Waals surface area contributed by atoms with Crippen LogP contribution in [0.4, 0.5) is 0 Å². The third kappa shape index (κ3) is 2.82. The van der Waals surface area contributed by atoms with Crippen molar-refractivity contribution in [1.29, 1.82) is 0 Å². The molecule has 1 aromatic carbocycles. The second-order valence-corrected chi connectivity index (χ2v) is 5.98. The van der Waals surface area contributed by atoms with E-state index in [9.17, 15) is 4.79 Å². The van der Waals surface area contributed by atoms with Crippen molar-refractivity contribution in [3.05, 3.63) is 22.7 Å². The predicted molar refractivity (Wildman–Crippen MR) is 81.2 cm³/mol. The molecule has 1 fully saturated rings. The fourth-order valence-corrected chi connectivity index (χ4v) is 3.48. The van der Waals surface area contributed by atoms with Crippen molar-refractivity contribution in [2.75, 3.05) is 13.3 Å². The van der Waals surface area contributed by atoms with Crippen LogP contribution in [0.15, 0.2) is 12.1 Å². The Kier molecular flexibility index (Phi) is 4.24. The molecule has 1 aliphatic carbocycles. The van der Waals surface area contributed by atoms with Gasteiger partial charge in [0.15, 0.2) is 11.5 Å². The second kappa shape index (κ2) is 6.14. The molecule has 5 heteroatoms. The Hall–Kier alpha value is -1.42. The normalized spacial score (nSPS) is 17.8. The zero-order valence-corrected chi connectivity index (χ0v) is 13.0. The quantitative estimate of drug-likeness (QED) is 0.851. The summed E-state index contributed by atoms with van der Waals surface area (Å²) in [6, 6.07) is 3.77. The maximum absolute atomic E-state index is 12.8. The van der Waals surface area contributed by atoms with Crippen LogP contribution in [0.5, 0.6) is 11.5 Å². The molecule has 0 atom stereocenters. The third-order valence-electron chi connectivity index (χ3n) is 4.29. The topological polar surface area (TPSA) is 38.8 Å². The van der Waals surface area contributed by atoms with Gasteiger partial charge >= 0.3 is 0 Å². The Morgan fingerprint density at radius 3 is 2.76 bits per heavy atom. The molecule has 3 rings (SSSR count). The zero-order chi connectivity index (χ0) is 14.8. The van der Waals surface area contributed by atoms with E-state index in [1.165, 1.54) is 19.3 Å². The summed E-state index contributed by atoms with van der Waals surface area (Å²) in [4.78, 5) is 14.8. The Labute approximate surface area is 130 Å². The minimum atomic E-state index is 0.0320. The molecule has 1 aromatic rings. The molecule has 0 spiro atoms. The van der Waals surface area contributed by atoms with Gasteiger partial charge in [0.05, 0.1) is 5.02 Å². The van der Waals surface area contributed by atoms with Gasteiger partial charge in [-0.25, -0.2) is 0 Å². The molecule has 0 bridgehead atoms. The molecule has 4 nitrogen and oxygen atoms in total. The lowest BCUT2D eigenvalue weighted by atomic mass is 9.93. The summed E-state index contributed by atoms with van der Waals surface area (Å²) in [5.74, 6) is 1.13. The monoisotopic (exact) mass is 309 g/mol. The van der Waals surface area contributed by atoms with Crippen LogP contribution >= 0.6 is 11.6 Å². The van der Waals surface area contributed by atoms with Crippen LogP contribution < -0.4 is 9.47 Å². The summed E-state index contributed by atoms with van der Waals surface area (Å²) in [6.07, 6.45) is 5.88. The van der Waals surface area contributed by atoms with E-state index in [2.05, 4.69) is 0 Å². The molecule has 1 heterocycles. The van der Waals surface area contributed by atoms with Gasteiger partial charge in [0.2, 0.25) is 6.79 Å². The number of rotatable bonds is 3. The SMILES string of the molecule is CCN(C(=O)c1cc(Cl)c2c(c1)OCO2)C1CCCCC1. The minimum absolute atomic E-state index is 0.0320. The summed E-state index contributed by atoms with van der Waals surface area (Å²) in [6.45, 7) is 2.91. The molecule has 0 saturated heterocycles. The van der Waals surface area contributed by atoms with Crippen LogP contribution in [0.2, 0.25) is 5.02 Å². The lowest BCUT2D eigenvalue weighted by Gasteiger charge is -2.33. The number of benzene rings is 1. The Bertz CT molecular complexity index is 541. The van der Waals surface area contributed by atoms with E-state index < -0.39 is 0 Å². The van der Waals surface area contributed by atoms with Crippen molar-refractivity contribution in [2.24, 2.45) is 0 Å². The van der Waals surface area contributed by atoms with E-state index in [1.807, 2.05) is 11.8 Å². The fourth-order valence-electron chi connectivity index (χ4n) is 3.22. The van der Waals surface area contributed by atoms with Crippen LogP contribution in [0.25, 0.3) is 0 Å². The first-order chi connectivity index (χ1) is 10.2.